The molecular weight excluding hydrogens is 294 g/mol. The highest BCUT2D eigenvalue weighted by atomic mass is 32.2. The van der Waals surface area contributed by atoms with Crippen molar-refractivity contribution in [1.29, 1.82) is 0 Å². The molecule has 0 atom stereocenters. The first kappa shape index (κ1) is 14.9. The highest BCUT2D eigenvalue weighted by Crippen LogP contribution is 2.09. The minimum atomic E-state index is -3.63. The molecule has 0 saturated heterocycles. The smallest absolute Gasteiger partial charge is 0.328 e. The molecule has 1 aromatic carbocycles. The van der Waals surface area contributed by atoms with Crippen LogP contribution < -0.4 is 4.72 Å². The molecule has 3 N–H and O–H groups in total. The molecule has 0 radical (unpaired) electrons. The molecule has 8 heteroatoms. The van der Waals surface area contributed by atoms with Crippen molar-refractivity contribution in [2.75, 3.05) is 0 Å². The van der Waals surface area contributed by atoms with Crippen molar-refractivity contribution in [3.8, 4) is 0 Å². The van der Waals surface area contributed by atoms with E-state index in [0.29, 0.717) is 11.1 Å². The van der Waals surface area contributed by atoms with Gasteiger partial charge in [0.05, 0.1) is 6.20 Å². The molecule has 1 aromatic heterocycles. The monoisotopic (exact) mass is 307 g/mol. The van der Waals surface area contributed by atoms with Gasteiger partial charge in [-0.1, -0.05) is 24.3 Å². The number of hydrogen-bond donors (Lipinski definition) is 3. The van der Waals surface area contributed by atoms with Gasteiger partial charge in [0.25, 0.3) is 10.0 Å². The van der Waals surface area contributed by atoms with E-state index in [0.717, 1.165) is 6.08 Å². The molecule has 0 fully saturated rings. The predicted octanol–water partition coefficient (Wildman–Crippen LogP) is 0.986. The van der Waals surface area contributed by atoms with Crippen molar-refractivity contribution in [3.63, 3.8) is 0 Å². The summed E-state index contributed by atoms with van der Waals surface area (Å²) >= 11 is 0. The van der Waals surface area contributed by atoms with E-state index in [1.165, 1.54) is 18.3 Å². The average Bonchev–Trinajstić information content (AvgIpc) is 2.98. The molecule has 110 valence electrons. The Morgan fingerprint density at radius 3 is 2.86 bits per heavy atom. The van der Waals surface area contributed by atoms with Crippen molar-refractivity contribution in [1.82, 2.24) is 14.9 Å². The van der Waals surface area contributed by atoms with Crippen LogP contribution in [0.3, 0.4) is 0 Å². The average molecular weight is 307 g/mol. The molecule has 0 bridgehead atoms. The van der Waals surface area contributed by atoms with Gasteiger partial charge in [-0.2, -0.15) is 5.10 Å². The van der Waals surface area contributed by atoms with E-state index in [1.54, 1.807) is 24.3 Å². The summed E-state index contributed by atoms with van der Waals surface area (Å²) in [5.41, 5.74) is 1.39. The molecule has 0 amide bonds. The number of carbonyl (C=O) groups is 1. The number of H-pyrrole nitrogens is 1. The van der Waals surface area contributed by atoms with E-state index in [4.69, 9.17) is 5.11 Å². The van der Waals surface area contributed by atoms with E-state index in [-0.39, 0.29) is 11.6 Å². The predicted molar refractivity (Wildman–Crippen MR) is 75.7 cm³/mol. The Morgan fingerprint density at radius 1 is 1.38 bits per heavy atom. The van der Waals surface area contributed by atoms with Crippen LogP contribution >= 0.6 is 0 Å². The lowest BCUT2D eigenvalue weighted by Crippen LogP contribution is -2.23. The SMILES string of the molecule is O=C(O)/C=C/c1cccc(CNS(=O)(=O)c2ccn[nH]2)c1. The van der Waals surface area contributed by atoms with Crippen LogP contribution in [0, 0.1) is 0 Å². The zero-order chi connectivity index (χ0) is 15.3. The van der Waals surface area contributed by atoms with Crippen LogP contribution in [0.1, 0.15) is 11.1 Å². The molecule has 0 unspecified atom stereocenters. The lowest BCUT2D eigenvalue weighted by atomic mass is 10.1. The zero-order valence-corrected chi connectivity index (χ0v) is 11.7. The number of carboxylic acid groups (broad SMARTS) is 1. The Morgan fingerprint density at radius 2 is 2.19 bits per heavy atom. The summed E-state index contributed by atoms with van der Waals surface area (Å²) in [5.74, 6) is -1.04. The topological polar surface area (TPSA) is 112 Å². The number of aromatic amines is 1. The lowest BCUT2D eigenvalue weighted by Gasteiger charge is -2.05. The summed E-state index contributed by atoms with van der Waals surface area (Å²) < 4.78 is 26.2. The van der Waals surface area contributed by atoms with Gasteiger partial charge in [-0.25, -0.2) is 17.9 Å². The highest BCUT2D eigenvalue weighted by Gasteiger charge is 2.14. The fraction of sp³-hybridized carbons (Fsp3) is 0.0769. The third kappa shape index (κ3) is 4.26. The Kier molecular flexibility index (Phi) is 4.51. The van der Waals surface area contributed by atoms with Crippen LogP contribution in [-0.2, 0) is 21.4 Å². The van der Waals surface area contributed by atoms with Crippen LogP contribution in [0.4, 0.5) is 0 Å². The molecule has 0 aliphatic carbocycles. The number of aliphatic carboxylic acids is 1. The van der Waals surface area contributed by atoms with Crippen LogP contribution in [0.15, 0.2) is 47.6 Å². The van der Waals surface area contributed by atoms with Crippen molar-refractivity contribution in [3.05, 3.63) is 53.7 Å². The number of nitrogens with zero attached hydrogens (tertiary/aromatic N) is 1. The molecule has 2 rings (SSSR count). The molecule has 0 aliphatic heterocycles. The highest BCUT2D eigenvalue weighted by molar-refractivity contribution is 7.89. The van der Waals surface area contributed by atoms with Crippen LogP contribution in [0.2, 0.25) is 0 Å². The fourth-order valence-electron chi connectivity index (χ4n) is 1.62. The molecule has 0 saturated carbocycles. The Labute approximate surface area is 121 Å². The quantitative estimate of drug-likeness (QED) is 0.689. The Balaban J connectivity index is 2.07. The van der Waals surface area contributed by atoms with Crippen molar-refractivity contribution < 1.29 is 18.3 Å². The normalized spacial score (nSPS) is 11.8. The zero-order valence-electron chi connectivity index (χ0n) is 10.9. The minimum Gasteiger partial charge on any atom is -0.478 e. The molecule has 0 spiro atoms. The summed E-state index contributed by atoms with van der Waals surface area (Å²) in [6, 6.07) is 8.25. The largest absolute Gasteiger partial charge is 0.478 e. The molecular formula is C13H13N3O4S. The first-order chi connectivity index (χ1) is 9.97. The molecule has 7 nitrogen and oxygen atoms in total. The first-order valence-electron chi connectivity index (χ1n) is 5.96. The molecule has 1 heterocycles. The first-order valence-corrected chi connectivity index (χ1v) is 7.45. The second-order valence-corrected chi connectivity index (χ2v) is 5.90. The number of nitrogens with one attached hydrogen (secondary N) is 2. The summed E-state index contributed by atoms with van der Waals surface area (Å²) in [7, 11) is -3.63. The van der Waals surface area contributed by atoms with E-state index in [2.05, 4.69) is 14.9 Å². The van der Waals surface area contributed by atoms with Gasteiger partial charge in [0.1, 0.15) is 0 Å². The van der Waals surface area contributed by atoms with E-state index in [9.17, 15) is 13.2 Å². The third-order valence-corrected chi connectivity index (χ3v) is 3.93. The number of hydrogen-bond acceptors (Lipinski definition) is 4. The lowest BCUT2D eigenvalue weighted by molar-refractivity contribution is -0.131. The fourth-order valence-corrected chi connectivity index (χ4v) is 2.55. The third-order valence-electron chi connectivity index (χ3n) is 2.60. The van der Waals surface area contributed by atoms with Gasteiger partial charge >= 0.3 is 5.97 Å². The van der Waals surface area contributed by atoms with Gasteiger partial charge < -0.3 is 5.11 Å². The maximum Gasteiger partial charge on any atom is 0.328 e. The summed E-state index contributed by atoms with van der Waals surface area (Å²) in [4.78, 5) is 10.5. The number of carboxylic acids is 1. The van der Waals surface area contributed by atoms with E-state index >= 15 is 0 Å². The minimum absolute atomic E-state index is 0.00979. The molecule has 2 aromatic rings. The second-order valence-electron chi connectivity index (χ2n) is 4.16. The summed E-state index contributed by atoms with van der Waals surface area (Å²) in [5, 5.41) is 14.5. The molecule has 0 aliphatic rings. The van der Waals surface area contributed by atoms with E-state index < -0.39 is 16.0 Å². The van der Waals surface area contributed by atoms with Crippen LogP contribution in [-0.4, -0.2) is 29.7 Å². The van der Waals surface area contributed by atoms with Crippen LogP contribution in [0.5, 0.6) is 0 Å². The number of sulfonamides is 1. The van der Waals surface area contributed by atoms with Crippen molar-refractivity contribution in [2.45, 2.75) is 11.6 Å². The van der Waals surface area contributed by atoms with Crippen LogP contribution in [0.25, 0.3) is 6.08 Å². The number of aromatic nitrogens is 2. The van der Waals surface area contributed by atoms with E-state index in [1.807, 2.05) is 0 Å². The maximum absolute atomic E-state index is 11.9. The van der Waals surface area contributed by atoms with Gasteiger partial charge in [0, 0.05) is 12.6 Å². The number of benzene rings is 1. The number of rotatable bonds is 6. The van der Waals surface area contributed by atoms with Gasteiger partial charge in [-0.3, -0.25) is 5.10 Å². The molecule has 21 heavy (non-hydrogen) atoms. The van der Waals surface area contributed by atoms with Gasteiger partial charge in [0.2, 0.25) is 0 Å². The Bertz CT molecular complexity index is 751. The Hall–Kier alpha value is -2.45. The van der Waals surface area contributed by atoms with Gasteiger partial charge in [-0.05, 0) is 23.3 Å². The standard InChI is InChI=1S/C13H13N3O4S/c17-13(18)5-4-10-2-1-3-11(8-10)9-15-21(19,20)12-6-7-14-16-12/h1-8,15H,9H2,(H,14,16)(H,17,18)/b5-4+. The van der Waals surface area contributed by atoms with Crippen molar-refractivity contribution in [2.24, 2.45) is 0 Å². The van der Waals surface area contributed by atoms with Gasteiger partial charge in [-0.15, -0.1) is 0 Å². The maximum atomic E-state index is 11.9. The summed E-state index contributed by atoms with van der Waals surface area (Å²) in [6.45, 7) is 0.0934. The van der Waals surface area contributed by atoms with Gasteiger partial charge in [0.15, 0.2) is 5.03 Å². The second kappa shape index (κ2) is 6.33. The summed E-state index contributed by atoms with van der Waals surface area (Å²) in [6.07, 6.45) is 3.81. The van der Waals surface area contributed by atoms with Crippen molar-refractivity contribution >= 4 is 22.1 Å².